The van der Waals surface area contributed by atoms with Crippen molar-refractivity contribution in [1.82, 2.24) is 5.32 Å². The Morgan fingerprint density at radius 1 is 1.18 bits per heavy atom. The van der Waals surface area contributed by atoms with Gasteiger partial charge in [0.25, 0.3) is 0 Å². The zero-order chi connectivity index (χ0) is 13.1. The van der Waals surface area contributed by atoms with Gasteiger partial charge in [0.1, 0.15) is 0 Å². The minimum atomic E-state index is -4.00. The third-order valence-corrected chi connectivity index (χ3v) is 3.59. The molecular formula is C13H22F3N. The van der Waals surface area contributed by atoms with Gasteiger partial charge in [-0.05, 0) is 52.5 Å². The van der Waals surface area contributed by atoms with E-state index < -0.39 is 12.1 Å². The van der Waals surface area contributed by atoms with Crippen LogP contribution in [0.25, 0.3) is 0 Å². The number of alkyl halides is 3. The lowest BCUT2D eigenvalue weighted by Crippen LogP contribution is -2.37. The molecule has 0 bridgehead atoms. The van der Waals surface area contributed by atoms with Gasteiger partial charge in [-0.25, -0.2) is 0 Å². The summed E-state index contributed by atoms with van der Waals surface area (Å²) < 4.78 is 37.6. The predicted octanol–water partition coefficient (Wildman–Crippen LogP) is 3.91. The second-order valence-electron chi connectivity index (χ2n) is 5.21. The molecule has 0 aromatic rings. The first kappa shape index (κ1) is 14.6. The standard InChI is InChI=1S/C13H22F3N/c1-9(2)8-12(17-3)10-4-6-11(7-5-10)13(14,15)16/h8,10-12,17H,4-7H2,1-3H3. The van der Waals surface area contributed by atoms with Gasteiger partial charge in [0.05, 0.1) is 5.92 Å². The van der Waals surface area contributed by atoms with E-state index in [0.29, 0.717) is 18.8 Å². The second kappa shape index (κ2) is 5.89. The fourth-order valence-electron chi connectivity index (χ4n) is 2.62. The maximum Gasteiger partial charge on any atom is 0.391 e. The number of nitrogens with one attached hydrogen (secondary N) is 1. The van der Waals surface area contributed by atoms with Crippen LogP contribution in [0.1, 0.15) is 39.5 Å². The van der Waals surface area contributed by atoms with Crippen molar-refractivity contribution >= 4 is 0 Å². The molecule has 0 spiro atoms. The number of halogens is 3. The first-order valence-electron chi connectivity index (χ1n) is 6.23. The number of hydrogen-bond donors (Lipinski definition) is 1. The molecule has 1 aliphatic carbocycles. The molecule has 1 saturated carbocycles. The van der Waals surface area contributed by atoms with E-state index in [1.165, 1.54) is 5.57 Å². The van der Waals surface area contributed by atoms with Gasteiger partial charge in [-0.1, -0.05) is 11.6 Å². The average Bonchev–Trinajstić information content (AvgIpc) is 2.24. The highest BCUT2D eigenvalue weighted by Crippen LogP contribution is 2.40. The monoisotopic (exact) mass is 249 g/mol. The van der Waals surface area contributed by atoms with Crippen molar-refractivity contribution in [2.75, 3.05) is 7.05 Å². The first-order valence-corrected chi connectivity index (χ1v) is 6.23. The van der Waals surface area contributed by atoms with Crippen molar-refractivity contribution in [2.24, 2.45) is 11.8 Å². The number of rotatable bonds is 3. The molecule has 4 heteroatoms. The van der Waals surface area contributed by atoms with Crippen LogP contribution in [-0.4, -0.2) is 19.3 Å². The Morgan fingerprint density at radius 3 is 2.06 bits per heavy atom. The molecule has 0 aromatic carbocycles. The molecule has 17 heavy (non-hydrogen) atoms. The predicted molar refractivity (Wildman–Crippen MR) is 63.8 cm³/mol. The third-order valence-electron chi connectivity index (χ3n) is 3.59. The van der Waals surface area contributed by atoms with Crippen molar-refractivity contribution in [3.05, 3.63) is 11.6 Å². The first-order chi connectivity index (χ1) is 7.84. The van der Waals surface area contributed by atoms with Gasteiger partial charge in [-0.2, -0.15) is 13.2 Å². The van der Waals surface area contributed by atoms with E-state index in [0.717, 1.165) is 0 Å². The lowest BCUT2D eigenvalue weighted by molar-refractivity contribution is -0.184. The molecule has 0 amide bonds. The molecule has 1 N–H and O–H groups in total. The summed E-state index contributed by atoms with van der Waals surface area (Å²) in [5, 5.41) is 3.20. The highest BCUT2D eigenvalue weighted by atomic mass is 19.4. The largest absolute Gasteiger partial charge is 0.391 e. The maximum absolute atomic E-state index is 12.5. The van der Waals surface area contributed by atoms with E-state index in [4.69, 9.17) is 0 Å². The Kier molecular flexibility index (Phi) is 5.04. The summed E-state index contributed by atoms with van der Waals surface area (Å²) in [6.07, 6.45) is 0.0139. The molecule has 1 rings (SSSR count). The minimum absolute atomic E-state index is 0.217. The molecule has 0 aromatic heterocycles. The zero-order valence-corrected chi connectivity index (χ0v) is 10.8. The van der Waals surface area contributed by atoms with E-state index in [2.05, 4.69) is 11.4 Å². The second-order valence-corrected chi connectivity index (χ2v) is 5.21. The number of allylic oxidation sites excluding steroid dienone is 1. The van der Waals surface area contributed by atoms with E-state index >= 15 is 0 Å². The summed E-state index contributed by atoms with van der Waals surface area (Å²) >= 11 is 0. The summed E-state index contributed by atoms with van der Waals surface area (Å²) in [4.78, 5) is 0. The van der Waals surface area contributed by atoms with Crippen LogP contribution in [0.15, 0.2) is 11.6 Å². The van der Waals surface area contributed by atoms with E-state index in [1.807, 2.05) is 20.9 Å². The third kappa shape index (κ3) is 4.34. The van der Waals surface area contributed by atoms with Gasteiger partial charge in [0.15, 0.2) is 0 Å². The van der Waals surface area contributed by atoms with Gasteiger partial charge < -0.3 is 5.32 Å². The number of likely N-dealkylation sites (N-methyl/N-ethyl adjacent to an activating group) is 1. The van der Waals surface area contributed by atoms with Gasteiger partial charge in [-0.15, -0.1) is 0 Å². The Morgan fingerprint density at radius 2 is 1.71 bits per heavy atom. The number of hydrogen-bond acceptors (Lipinski definition) is 1. The molecule has 0 aliphatic heterocycles. The van der Waals surface area contributed by atoms with Crippen molar-refractivity contribution in [3.8, 4) is 0 Å². The van der Waals surface area contributed by atoms with Gasteiger partial charge in [0.2, 0.25) is 0 Å². The summed E-state index contributed by atoms with van der Waals surface area (Å²) in [6.45, 7) is 4.04. The molecule has 100 valence electrons. The Balaban J connectivity index is 2.53. The molecule has 1 atom stereocenters. The van der Waals surface area contributed by atoms with Crippen LogP contribution in [-0.2, 0) is 0 Å². The topological polar surface area (TPSA) is 12.0 Å². The van der Waals surface area contributed by atoms with Crippen LogP contribution in [0.3, 0.4) is 0 Å². The Hall–Kier alpha value is -0.510. The summed E-state index contributed by atoms with van der Waals surface area (Å²) in [6, 6.07) is 0.217. The fraction of sp³-hybridized carbons (Fsp3) is 0.846. The molecule has 1 fully saturated rings. The van der Waals surface area contributed by atoms with Crippen LogP contribution in [0.4, 0.5) is 13.2 Å². The van der Waals surface area contributed by atoms with Crippen molar-refractivity contribution in [3.63, 3.8) is 0 Å². The molecule has 0 radical (unpaired) electrons. The van der Waals surface area contributed by atoms with E-state index in [-0.39, 0.29) is 18.9 Å². The highest BCUT2D eigenvalue weighted by molar-refractivity contribution is 5.03. The van der Waals surface area contributed by atoms with Crippen LogP contribution >= 0.6 is 0 Å². The smallest absolute Gasteiger partial charge is 0.313 e. The molecule has 1 aliphatic rings. The van der Waals surface area contributed by atoms with E-state index in [1.54, 1.807) is 0 Å². The molecule has 1 nitrogen and oxygen atoms in total. The van der Waals surface area contributed by atoms with Gasteiger partial charge in [0, 0.05) is 6.04 Å². The fourth-order valence-corrected chi connectivity index (χ4v) is 2.62. The van der Waals surface area contributed by atoms with Crippen molar-refractivity contribution < 1.29 is 13.2 Å². The average molecular weight is 249 g/mol. The SMILES string of the molecule is CNC(C=C(C)C)C1CCC(C(F)(F)F)CC1. The molecule has 0 saturated heterocycles. The quantitative estimate of drug-likeness (QED) is 0.748. The van der Waals surface area contributed by atoms with Crippen molar-refractivity contribution in [2.45, 2.75) is 51.7 Å². The van der Waals surface area contributed by atoms with Crippen LogP contribution in [0.5, 0.6) is 0 Å². The van der Waals surface area contributed by atoms with E-state index in [9.17, 15) is 13.2 Å². The zero-order valence-electron chi connectivity index (χ0n) is 10.8. The van der Waals surface area contributed by atoms with Crippen LogP contribution in [0, 0.1) is 11.8 Å². The maximum atomic E-state index is 12.5. The molecular weight excluding hydrogens is 227 g/mol. The molecule has 0 heterocycles. The minimum Gasteiger partial charge on any atom is -0.313 e. The Bertz CT molecular complexity index is 258. The summed E-state index contributed by atoms with van der Waals surface area (Å²) in [7, 11) is 1.87. The lowest BCUT2D eigenvalue weighted by Gasteiger charge is -2.33. The molecule has 1 unspecified atom stereocenters. The van der Waals surface area contributed by atoms with Gasteiger partial charge in [-0.3, -0.25) is 0 Å². The normalized spacial score (nSPS) is 27.6. The van der Waals surface area contributed by atoms with Crippen LogP contribution < -0.4 is 5.32 Å². The highest BCUT2D eigenvalue weighted by Gasteiger charge is 2.42. The van der Waals surface area contributed by atoms with Crippen LogP contribution in [0.2, 0.25) is 0 Å². The summed E-state index contributed by atoms with van der Waals surface area (Å²) in [5.41, 5.74) is 1.21. The Labute approximate surface area is 101 Å². The lowest BCUT2D eigenvalue weighted by atomic mass is 9.78. The summed E-state index contributed by atoms with van der Waals surface area (Å²) in [5.74, 6) is -0.739. The van der Waals surface area contributed by atoms with Crippen molar-refractivity contribution in [1.29, 1.82) is 0 Å². The van der Waals surface area contributed by atoms with Gasteiger partial charge >= 0.3 is 6.18 Å².